The van der Waals surface area contributed by atoms with Crippen molar-refractivity contribution in [1.82, 2.24) is 44.9 Å². The van der Waals surface area contributed by atoms with Crippen LogP contribution in [0.3, 0.4) is 0 Å². The zero-order valence-electron chi connectivity index (χ0n) is 82.9. The summed E-state index contributed by atoms with van der Waals surface area (Å²) in [7, 11) is 0. The summed E-state index contributed by atoms with van der Waals surface area (Å²) >= 11 is 0. The van der Waals surface area contributed by atoms with Gasteiger partial charge in [-0.15, -0.1) is 0 Å². The van der Waals surface area contributed by atoms with Gasteiger partial charge in [0.2, 0.25) is 0 Å². The van der Waals surface area contributed by atoms with Crippen LogP contribution in [0.1, 0.15) is 235 Å². The highest BCUT2D eigenvalue weighted by molar-refractivity contribution is 6.04. The van der Waals surface area contributed by atoms with Gasteiger partial charge in [0.1, 0.15) is 46.9 Å². The number of benzene rings is 4. The molecule has 0 amide bonds. The van der Waals surface area contributed by atoms with Crippen molar-refractivity contribution in [3.63, 3.8) is 0 Å². The number of aryl methyl sites for hydroxylation is 3. The van der Waals surface area contributed by atoms with Crippen LogP contribution in [0, 0.1) is 120 Å². The van der Waals surface area contributed by atoms with Crippen molar-refractivity contribution in [3.05, 3.63) is 237 Å². The van der Waals surface area contributed by atoms with Gasteiger partial charge in [-0.3, -0.25) is 34.1 Å². The van der Waals surface area contributed by atoms with Crippen molar-refractivity contribution >= 4 is 35.5 Å². The number of hydrogen-bond acceptors (Lipinski definition) is 20. The van der Waals surface area contributed by atoms with Gasteiger partial charge in [0.25, 0.3) is 0 Å². The van der Waals surface area contributed by atoms with Crippen LogP contribution >= 0.6 is 0 Å². The van der Waals surface area contributed by atoms with E-state index in [0.717, 1.165) is 229 Å². The van der Waals surface area contributed by atoms with Gasteiger partial charge in [0, 0.05) is 175 Å². The van der Waals surface area contributed by atoms with E-state index in [-0.39, 0.29) is 104 Å². The molecule has 10 fully saturated rings. The molecule has 3 saturated heterocycles. The van der Waals surface area contributed by atoms with Crippen LogP contribution < -0.4 is 0 Å². The number of ketones is 4. The molecule has 0 radical (unpaired) electrons. The number of fused-ring (bicyclic) bond motifs is 11. The maximum atomic E-state index is 13.7. The fourth-order valence-electron chi connectivity index (χ4n) is 27.5. The summed E-state index contributed by atoms with van der Waals surface area (Å²) in [6.07, 6.45) is 25.0. The summed E-state index contributed by atoms with van der Waals surface area (Å²) in [5.41, 5.74) is 17.7. The van der Waals surface area contributed by atoms with Crippen LogP contribution in [0.2, 0.25) is 0 Å². The Balaban J connectivity index is 0.000000113. The number of carbonyl (C=O) groups excluding carboxylic acids is 5. The lowest BCUT2D eigenvalue weighted by atomic mass is 9.54. The molecule has 1 unspecified atom stereocenters. The predicted molar refractivity (Wildman–Crippen MR) is 525 cm³/mol. The highest BCUT2D eigenvalue weighted by Crippen LogP contribution is 2.62. The molecule has 10 aliphatic carbocycles. The first-order valence-corrected chi connectivity index (χ1v) is 50.8. The molecular weight excluding hydrogens is 1770 g/mol. The molecule has 3 aliphatic heterocycles. The number of allylic oxidation sites excluding steroid dienone is 1. The summed E-state index contributed by atoms with van der Waals surface area (Å²) in [6.45, 7) is 31.6. The van der Waals surface area contributed by atoms with E-state index in [9.17, 15) is 41.5 Å². The van der Waals surface area contributed by atoms with Crippen LogP contribution in [0.5, 0.6) is 0 Å². The SMILES string of the molecule is C[C@@H]1[C@H]2CC/C(=C\c3ccc(F)cc3)C(=O)[C@]2(C)CCC12OCCO2.C[C@@H]1[C@H]2CCCC(=O)[C@]2(C)CCC12OCCO2.Cc1cc(-c2nc(-c3ccc(F)cc3)c3c(n2)[C@]2(C)CC(C=O)C(=O)[C@H](C)[C@H]2CC3)ccn1.Cc1cc(-c2nc(-c3ccc(F)cc3)c3c(n2)[C@]2(C)CCC(=O)[C@H](C)[C@H]2CC3)ccn1.Cc1cc(-c2nc(-c3ccc(F)cc3)c3c(n2)[C@]2(C)CCC4(OCCO4)[C@H](C)[C@H]2CC3)ccn1. The number of carbonyl (C=O) groups is 5. The van der Waals surface area contributed by atoms with Crippen molar-refractivity contribution in [3.8, 4) is 67.9 Å². The Labute approximate surface area is 818 Å². The lowest BCUT2D eigenvalue weighted by molar-refractivity contribution is -0.242. The van der Waals surface area contributed by atoms with Gasteiger partial charge in [-0.2, -0.15) is 0 Å². The summed E-state index contributed by atoms with van der Waals surface area (Å²) in [5, 5.41) is 0. The average molecular weight is 1900 g/mol. The molecule has 0 N–H and O–H groups in total. The van der Waals surface area contributed by atoms with Gasteiger partial charge < -0.3 is 33.2 Å². The molecule has 7 saturated carbocycles. The van der Waals surface area contributed by atoms with Crippen LogP contribution in [-0.4, -0.2) is 131 Å². The van der Waals surface area contributed by atoms with E-state index in [1.807, 2.05) is 82.3 Å². The van der Waals surface area contributed by atoms with Gasteiger partial charge in [-0.05, 0) is 285 Å². The zero-order valence-corrected chi connectivity index (χ0v) is 82.9. The minimum Gasteiger partial charge on any atom is -0.347 e. The van der Waals surface area contributed by atoms with Gasteiger partial charge >= 0.3 is 0 Å². The summed E-state index contributed by atoms with van der Waals surface area (Å²) in [4.78, 5) is 106. The fourth-order valence-corrected chi connectivity index (χ4v) is 27.5. The van der Waals surface area contributed by atoms with E-state index >= 15 is 0 Å². The van der Waals surface area contributed by atoms with Crippen LogP contribution in [-0.2, 0) is 87.9 Å². The van der Waals surface area contributed by atoms with Crippen molar-refractivity contribution in [2.75, 3.05) is 39.6 Å². The van der Waals surface area contributed by atoms with Crippen molar-refractivity contribution in [2.24, 2.45) is 75.9 Å². The third kappa shape index (κ3) is 17.9. The Morgan fingerprint density at radius 2 is 0.707 bits per heavy atom. The Hall–Kier alpha value is -10.9. The molecule has 23 rings (SSSR count). The Kier molecular flexibility index (Phi) is 27.1. The minimum atomic E-state index is -0.622. The number of rotatable bonds is 8. The molecule has 732 valence electrons. The van der Waals surface area contributed by atoms with E-state index in [4.69, 9.17) is 58.3 Å². The summed E-state index contributed by atoms with van der Waals surface area (Å²) in [5.74, 6) is 2.22. The summed E-state index contributed by atoms with van der Waals surface area (Å²) in [6, 6.07) is 37.6. The smallest absolute Gasteiger partial charge is 0.171 e. The lowest BCUT2D eigenvalue weighted by Crippen LogP contribution is -2.56. The van der Waals surface area contributed by atoms with E-state index in [0.29, 0.717) is 99.3 Å². The maximum Gasteiger partial charge on any atom is 0.171 e. The first-order chi connectivity index (χ1) is 67.1. The monoisotopic (exact) mass is 1900 g/mol. The molecule has 16 atom stereocenters. The second-order valence-electron chi connectivity index (χ2n) is 43.2. The van der Waals surface area contributed by atoms with Gasteiger partial charge in [0.05, 0.1) is 79.7 Å². The van der Waals surface area contributed by atoms with Crippen LogP contribution in [0.25, 0.3) is 74.0 Å². The third-order valence-electron chi connectivity index (χ3n) is 35.4. The first kappa shape index (κ1) is 97.9. The van der Waals surface area contributed by atoms with Gasteiger partial charge in [0.15, 0.2) is 40.6 Å². The van der Waals surface area contributed by atoms with Crippen molar-refractivity contribution in [1.29, 1.82) is 0 Å². The minimum absolute atomic E-state index is 0.0359. The Morgan fingerprint density at radius 1 is 0.357 bits per heavy atom. The molecular formula is C116H129F4N9O11. The molecule has 140 heavy (non-hydrogen) atoms. The van der Waals surface area contributed by atoms with Gasteiger partial charge in [-0.1, -0.05) is 81.4 Å². The number of Topliss-reactive ketones (excluding diaryl/α,β-unsaturated/α-hetero) is 4. The number of aldehydes is 1. The number of nitrogens with zero attached hydrogens (tertiary/aromatic N) is 9. The molecule has 6 aromatic heterocycles. The highest BCUT2D eigenvalue weighted by atomic mass is 19.1. The second kappa shape index (κ2) is 38.8. The van der Waals surface area contributed by atoms with E-state index < -0.39 is 22.9 Å². The summed E-state index contributed by atoms with van der Waals surface area (Å²) < 4.78 is 90.2. The molecule has 10 aromatic rings. The average Bonchev–Trinajstić information content (AvgIpc) is 0.987. The quantitative estimate of drug-likeness (QED) is 0.0593. The van der Waals surface area contributed by atoms with Crippen molar-refractivity contribution in [2.45, 2.75) is 252 Å². The normalized spacial score (nSPS) is 30.3. The highest BCUT2D eigenvalue weighted by Gasteiger charge is 2.63. The number of ether oxygens (including phenoxy) is 6. The molecule has 3 spiro atoms. The maximum absolute atomic E-state index is 13.7. The topological polar surface area (TPSA) is 257 Å². The standard InChI is InChI=1S/C28H30FN3O2.C27H26FN3O2.C26H26FN3O.C21H25FO3.C14H22O3/c1-17-16-20(10-13-30-17)26-31-24(19-4-6-21(29)7-5-19)22-8-9-23-18(2)28(33-14-15-34-28)12-11-27(23,3)25(22)32-26;1-15-12-18(10-11-29-15)26-30-23(17-4-6-20(28)7-5-17)21-8-9-22-16(2)24(33)19(14-32)13-27(22,3)25(21)31-26;1-15-14-18(11-13-28-15)25-29-23(17-4-6-19(27)7-5-17)20-8-9-21-16(2)22(31)10-12-26(21,3)24(20)30-25;1-14-18-8-5-16(13-15-3-6-17(22)7-4-15)19(23)20(18,2)9-10-21(14)24-11-12-25-21;1-10-11-4-3-5-12(15)13(11,2)6-7-14(10)16-8-9-17-14/h4-7,10,13,16,18,23H,8-9,11-12,14-15H2,1-3H3;4-7,10-12,14,16,19,22H,8-9,13H2,1-3H3;4-7,11,13-14,16,21H,8-10,12H2,1-3H3;3-4,6-7,13-14,18H,5,8-12H2,1-2H3;10-11H,3-9H2,1-2H3/b;;;16-13+;/t18-,23-,27-;16-,19?,22-,27-;16-,21-,26-;14-,18-,20-;10-,11-,13-/m11111/s1. The molecule has 0 bridgehead atoms. The molecule has 13 aliphatic rings. The third-order valence-corrected chi connectivity index (χ3v) is 35.4. The van der Waals surface area contributed by atoms with E-state index in [1.54, 1.807) is 55.0 Å². The molecule has 24 heteroatoms. The molecule has 4 aromatic carbocycles. The number of halogens is 4. The van der Waals surface area contributed by atoms with Gasteiger partial charge in [-0.25, -0.2) is 47.5 Å². The van der Waals surface area contributed by atoms with Crippen LogP contribution in [0.4, 0.5) is 17.6 Å². The first-order valence-electron chi connectivity index (χ1n) is 50.8. The van der Waals surface area contributed by atoms with Crippen LogP contribution in [0.15, 0.2) is 158 Å². The largest absolute Gasteiger partial charge is 0.347 e. The Morgan fingerprint density at radius 3 is 1.11 bits per heavy atom. The predicted octanol–water partition coefficient (Wildman–Crippen LogP) is 22.9. The zero-order chi connectivity index (χ0) is 98.3. The second-order valence-corrected chi connectivity index (χ2v) is 43.2. The van der Waals surface area contributed by atoms with E-state index in [1.165, 1.54) is 54.1 Å². The number of pyridine rings is 3. The number of aromatic nitrogens is 9. The number of hydrogen-bond donors (Lipinski definition) is 0. The fraction of sp³-hybridized carbons (Fsp3) is 0.500. The molecule has 20 nitrogen and oxygen atoms in total. The molecule has 9 heterocycles. The Bertz CT molecular complexity index is 6420. The van der Waals surface area contributed by atoms with Crippen molar-refractivity contribution < 1.29 is 70.0 Å². The van der Waals surface area contributed by atoms with E-state index in [2.05, 4.69) is 77.3 Å². The lowest BCUT2D eigenvalue weighted by Gasteiger charge is -2.54.